The largest absolute Gasteiger partial charge is 0.488 e. The molecule has 2 N–H and O–H groups in total. The van der Waals surface area contributed by atoms with Gasteiger partial charge in [0.15, 0.2) is 0 Å². The Labute approximate surface area is 117 Å². The van der Waals surface area contributed by atoms with Crippen LogP contribution in [0.15, 0.2) is 24.3 Å². The molecule has 0 saturated carbocycles. The van der Waals surface area contributed by atoms with Crippen molar-refractivity contribution in [1.29, 1.82) is 0 Å². The third kappa shape index (κ3) is 3.81. The smallest absolute Gasteiger partial charge is 0.258 e. The van der Waals surface area contributed by atoms with E-state index in [1.54, 1.807) is 31.2 Å². The van der Waals surface area contributed by atoms with Crippen LogP contribution < -0.4 is 10.1 Å². The Hall–Kier alpha value is -2.37. The van der Waals surface area contributed by atoms with Gasteiger partial charge in [-0.3, -0.25) is 15.2 Å². The van der Waals surface area contributed by atoms with Crippen LogP contribution in [-0.4, -0.2) is 26.7 Å². The van der Waals surface area contributed by atoms with E-state index in [-0.39, 0.29) is 17.5 Å². The first-order valence-corrected chi connectivity index (χ1v) is 6.33. The van der Waals surface area contributed by atoms with Gasteiger partial charge in [0.2, 0.25) is 5.95 Å². The van der Waals surface area contributed by atoms with Crippen molar-refractivity contribution in [3.8, 4) is 5.75 Å². The molecule has 0 aliphatic carbocycles. The Morgan fingerprint density at radius 1 is 1.25 bits per heavy atom. The number of aromatic amines is 1. The zero-order valence-electron chi connectivity index (χ0n) is 12.0. The van der Waals surface area contributed by atoms with Crippen LogP contribution in [0.4, 0.5) is 5.95 Å². The molecule has 1 amide bonds. The van der Waals surface area contributed by atoms with Crippen LogP contribution in [0.2, 0.25) is 0 Å². The molecular formula is C14H18N4O2. The topological polar surface area (TPSA) is 79.9 Å². The molecule has 0 fully saturated rings. The second-order valence-electron chi connectivity index (χ2n) is 5.44. The zero-order chi connectivity index (χ0) is 14.8. The maximum atomic E-state index is 12.0. The van der Waals surface area contributed by atoms with Crippen LogP contribution in [0.3, 0.4) is 0 Å². The lowest BCUT2D eigenvalue weighted by Crippen LogP contribution is -2.23. The van der Waals surface area contributed by atoms with E-state index in [1.807, 2.05) is 20.8 Å². The Morgan fingerprint density at radius 3 is 2.40 bits per heavy atom. The van der Waals surface area contributed by atoms with E-state index in [2.05, 4.69) is 20.5 Å². The average Bonchev–Trinajstić information content (AvgIpc) is 2.73. The molecule has 0 unspecified atom stereocenters. The normalized spacial score (nSPS) is 11.2. The van der Waals surface area contributed by atoms with E-state index in [0.717, 1.165) is 5.75 Å². The first kappa shape index (κ1) is 14.0. The number of benzene rings is 1. The molecule has 2 aromatic rings. The molecule has 1 aromatic carbocycles. The fraction of sp³-hybridized carbons (Fsp3) is 0.357. The summed E-state index contributed by atoms with van der Waals surface area (Å²) in [7, 11) is 0. The number of carbonyl (C=O) groups is 1. The lowest BCUT2D eigenvalue weighted by molar-refractivity contribution is 0.102. The van der Waals surface area contributed by atoms with E-state index in [1.165, 1.54) is 0 Å². The van der Waals surface area contributed by atoms with E-state index < -0.39 is 0 Å². The van der Waals surface area contributed by atoms with E-state index >= 15 is 0 Å². The van der Waals surface area contributed by atoms with Gasteiger partial charge >= 0.3 is 0 Å². The quantitative estimate of drug-likeness (QED) is 0.901. The summed E-state index contributed by atoms with van der Waals surface area (Å²) < 4.78 is 5.70. The molecule has 0 aliphatic rings. The monoisotopic (exact) mass is 274 g/mol. The van der Waals surface area contributed by atoms with Crippen molar-refractivity contribution in [3.63, 3.8) is 0 Å². The maximum Gasteiger partial charge on any atom is 0.258 e. The van der Waals surface area contributed by atoms with Crippen molar-refractivity contribution in [3.05, 3.63) is 35.7 Å². The number of rotatable bonds is 3. The highest BCUT2D eigenvalue weighted by atomic mass is 16.5. The summed E-state index contributed by atoms with van der Waals surface area (Å²) in [5.41, 5.74) is 0.258. The van der Waals surface area contributed by atoms with Gasteiger partial charge in [-0.15, -0.1) is 5.10 Å². The number of hydrogen-bond acceptors (Lipinski definition) is 4. The highest BCUT2D eigenvalue weighted by Gasteiger charge is 2.13. The predicted octanol–water partition coefficient (Wildman–Crippen LogP) is 2.54. The third-order valence-electron chi connectivity index (χ3n) is 2.36. The van der Waals surface area contributed by atoms with Gasteiger partial charge in [0, 0.05) is 5.56 Å². The molecule has 0 bridgehead atoms. The van der Waals surface area contributed by atoms with Crippen LogP contribution >= 0.6 is 0 Å². The Kier molecular flexibility index (Phi) is 3.74. The molecule has 20 heavy (non-hydrogen) atoms. The number of carbonyl (C=O) groups excluding carboxylic acids is 1. The molecule has 0 spiro atoms. The van der Waals surface area contributed by atoms with Crippen molar-refractivity contribution in [2.75, 3.05) is 5.32 Å². The molecule has 0 saturated heterocycles. The van der Waals surface area contributed by atoms with Crippen LogP contribution in [-0.2, 0) is 0 Å². The highest BCUT2D eigenvalue weighted by molar-refractivity contribution is 6.03. The summed E-state index contributed by atoms with van der Waals surface area (Å²) in [6.45, 7) is 7.68. The summed E-state index contributed by atoms with van der Waals surface area (Å²) >= 11 is 0. The van der Waals surface area contributed by atoms with Gasteiger partial charge < -0.3 is 4.74 Å². The Morgan fingerprint density at radius 2 is 1.90 bits per heavy atom. The number of anilines is 1. The molecule has 1 heterocycles. The number of aryl methyl sites for hydroxylation is 1. The van der Waals surface area contributed by atoms with Crippen molar-refractivity contribution in [1.82, 2.24) is 15.2 Å². The lowest BCUT2D eigenvalue weighted by atomic mass is 10.1. The van der Waals surface area contributed by atoms with E-state index in [0.29, 0.717) is 11.4 Å². The first-order valence-electron chi connectivity index (χ1n) is 6.33. The summed E-state index contributed by atoms with van der Waals surface area (Å²) in [5, 5.41) is 9.13. The molecular weight excluding hydrogens is 256 g/mol. The van der Waals surface area contributed by atoms with Gasteiger partial charge in [0.1, 0.15) is 17.2 Å². The molecule has 0 radical (unpaired) electrons. The summed E-state index contributed by atoms with van der Waals surface area (Å²) in [6.07, 6.45) is 0. The van der Waals surface area contributed by atoms with Crippen LogP contribution in [0.5, 0.6) is 5.75 Å². The van der Waals surface area contributed by atoms with E-state index in [4.69, 9.17) is 4.74 Å². The average molecular weight is 274 g/mol. The molecule has 106 valence electrons. The molecule has 6 nitrogen and oxygen atoms in total. The van der Waals surface area contributed by atoms with Crippen LogP contribution in [0.1, 0.15) is 37.0 Å². The molecule has 6 heteroatoms. The van der Waals surface area contributed by atoms with Crippen molar-refractivity contribution >= 4 is 11.9 Å². The lowest BCUT2D eigenvalue weighted by Gasteiger charge is -2.21. The Balaban J connectivity index is 2.04. The molecule has 2 rings (SSSR count). The van der Waals surface area contributed by atoms with Gasteiger partial charge in [-0.2, -0.15) is 4.98 Å². The minimum Gasteiger partial charge on any atom is -0.488 e. The third-order valence-corrected chi connectivity index (χ3v) is 2.36. The van der Waals surface area contributed by atoms with Gasteiger partial charge in [0.25, 0.3) is 5.91 Å². The second-order valence-corrected chi connectivity index (χ2v) is 5.44. The predicted molar refractivity (Wildman–Crippen MR) is 75.9 cm³/mol. The van der Waals surface area contributed by atoms with Gasteiger partial charge in [0.05, 0.1) is 0 Å². The van der Waals surface area contributed by atoms with Gasteiger partial charge in [-0.25, -0.2) is 0 Å². The van der Waals surface area contributed by atoms with Crippen molar-refractivity contribution in [2.24, 2.45) is 0 Å². The van der Waals surface area contributed by atoms with Gasteiger partial charge in [-0.05, 0) is 52.0 Å². The number of hydrogen-bond donors (Lipinski definition) is 2. The summed E-state index contributed by atoms with van der Waals surface area (Å²) in [5.74, 6) is 1.38. The molecule has 0 atom stereocenters. The molecule has 0 aliphatic heterocycles. The number of nitrogens with zero attached hydrogens (tertiary/aromatic N) is 2. The maximum absolute atomic E-state index is 12.0. The standard InChI is InChI=1S/C14H18N4O2/c1-9-15-13(18-17-9)16-12(19)10-5-7-11(8-6-10)20-14(2,3)4/h5-8H,1-4H3,(H2,15,16,17,18,19). The number of aromatic nitrogens is 3. The van der Waals surface area contributed by atoms with Crippen molar-refractivity contribution in [2.45, 2.75) is 33.3 Å². The minimum absolute atomic E-state index is 0.258. The van der Waals surface area contributed by atoms with E-state index in [9.17, 15) is 4.79 Å². The van der Waals surface area contributed by atoms with Crippen molar-refractivity contribution < 1.29 is 9.53 Å². The minimum atomic E-state index is -0.264. The van der Waals surface area contributed by atoms with Gasteiger partial charge in [-0.1, -0.05) is 0 Å². The zero-order valence-corrected chi connectivity index (χ0v) is 12.0. The number of amides is 1. The van der Waals surface area contributed by atoms with Crippen LogP contribution in [0, 0.1) is 6.92 Å². The fourth-order valence-corrected chi connectivity index (χ4v) is 1.60. The summed E-state index contributed by atoms with van der Waals surface area (Å²) in [4.78, 5) is 16.0. The number of ether oxygens (including phenoxy) is 1. The Bertz CT molecular complexity index is 596. The fourth-order valence-electron chi connectivity index (χ4n) is 1.60. The number of H-pyrrole nitrogens is 1. The van der Waals surface area contributed by atoms with Crippen LogP contribution in [0.25, 0.3) is 0 Å². The number of nitrogens with one attached hydrogen (secondary N) is 2. The second kappa shape index (κ2) is 5.32. The first-order chi connectivity index (χ1) is 9.33. The highest BCUT2D eigenvalue weighted by Crippen LogP contribution is 2.18. The summed E-state index contributed by atoms with van der Waals surface area (Å²) in [6, 6.07) is 6.94. The molecule has 1 aromatic heterocycles. The SMILES string of the molecule is Cc1nc(NC(=O)c2ccc(OC(C)(C)C)cc2)n[nH]1.